The van der Waals surface area contributed by atoms with Gasteiger partial charge in [-0.05, 0) is 24.3 Å². The van der Waals surface area contributed by atoms with Gasteiger partial charge in [-0.15, -0.1) is 0 Å². The Kier molecular flexibility index (Phi) is 4.38. The number of furan rings is 1. The normalized spacial score (nSPS) is 11.3. The van der Waals surface area contributed by atoms with Gasteiger partial charge in [-0.25, -0.2) is 0 Å². The van der Waals surface area contributed by atoms with Gasteiger partial charge in [-0.2, -0.15) is 0 Å². The molecule has 0 aliphatic heterocycles. The molecule has 4 heteroatoms. The second kappa shape index (κ2) is 6.61. The topological polar surface area (TPSA) is 43.6 Å². The van der Waals surface area contributed by atoms with Crippen LogP contribution in [0.3, 0.4) is 0 Å². The zero-order valence-electron chi connectivity index (χ0n) is 12.1. The van der Waals surface area contributed by atoms with Gasteiger partial charge in [-0.1, -0.05) is 18.2 Å². The highest BCUT2D eigenvalue weighted by molar-refractivity contribution is 6.05. The summed E-state index contributed by atoms with van der Waals surface area (Å²) in [7, 11) is 1.70. The molecule has 2 aromatic carbocycles. The summed E-state index contributed by atoms with van der Waals surface area (Å²) in [5.41, 5.74) is 1.80. The minimum absolute atomic E-state index is 0.630. The summed E-state index contributed by atoms with van der Waals surface area (Å²) < 4.78 is 16.5. The molecular formula is C17H19NO3. The molecular weight excluding hydrogens is 266 g/mol. The van der Waals surface area contributed by atoms with Crippen molar-refractivity contribution >= 4 is 21.9 Å². The first kappa shape index (κ1) is 13.9. The SMILES string of the molecule is COCCNCCOc1ccc2oc3ccccc3c2c1. The van der Waals surface area contributed by atoms with Gasteiger partial charge in [-0.3, -0.25) is 0 Å². The molecule has 21 heavy (non-hydrogen) atoms. The van der Waals surface area contributed by atoms with Crippen molar-refractivity contribution in [3.05, 3.63) is 42.5 Å². The lowest BCUT2D eigenvalue weighted by Crippen LogP contribution is -2.24. The fraction of sp³-hybridized carbons (Fsp3) is 0.294. The van der Waals surface area contributed by atoms with Crippen LogP contribution in [0.5, 0.6) is 5.75 Å². The van der Waals surface area contributed by atoms with Crippen molar-refractivity contribution in [2.24, 2.45) is 0 Å². The number of fused-ring (bicyclic) bond motifs is 3. The Labute approximate surface area is 123 Å². The van der Waals surface area contributed by atoms with E-state index in [0.29, 0.717) is 13.2 Å². The number of ether oxygens (including phenoxy) is 2. The van der Waals surface area contributed by atoms with Crippen molar-refractivity contribution in [1.29, 1.82) is 0 Å². The predicted octanol–water partition coefficient (Wildman–Crippen LogP) is 3.20. The van der Waals surface area contributed by atoms with Gasteiger partial charge in [0.15, 0.2) is 0 Å². The van der Waals surface area contributed by atoms with Crippen molar-refractivity contribution in [2.45, 2.75) is 0 Å². The summed E-state index contributed by atoms with van der Waals surface area (Å²) in [4.78, 5) is 0. The van der Waals surface area contributed by atoms with E-state index in [1.165, 1.54) is 0 Å². The molecule has 0 atom stereocenters. The van der Waals surface area contributed by atoms with E-state index in [4.69, 9.17) is 13.9 Å². The molecule has 3 rings (SSSR count). The average Bonchev–Trinajstić information content (AvgIpc) is 2.89. The number of hydrogen-bond donors (Lipinski definition) is 1. The molecule has 0 aliphatic carbocycles. The highest BCUT2D eigenvalue weighted by Gasteiger charge is 2.07. The average molecular weight is 285 g/mol. The van der Waals surface area contributed by atoms with Gasteiger partial charge in [0.1, 0.15) is 23.5 Å². The summed E-state index contributed by atoms with van der Waals surface area (Å²) in [5.74, 6) is 0.864. The zero-order chi connectivity index (χ0) is 14.5. The number of benzene rings is 2. The molecule has 1 heterocycles. The van der Waals surface area contributed by atoms with Crippen LogP contribution in [0.1, 0.15) is 0 Å². The maximum atomic E-state index is 5.80. The fourth-order valence-electron chi connectivity index (χ4n) is 2.34. The van der Waals surface area contributed by atoms with Gasteiger partial charge < -0.3 is 19.2 Å². The van der Waals surface area contributed by atoms with Crippen LogP contribution >= 0.6 is 0 Å². The van der Waals surface area contributed by atoms with Crippen LogP contribution in [-0.2, 0) is 4.74 Å². The quantitative estimate of drug-likeness (QED) is 0.677. The van der Waals surface area contributed by atoms with Gasteiger partial charge in [0.2, 0.25) is 0 Å². The largest absolute Gasteiger partial charge is 0.492 e. The van der Waals surface area contributed by atoms with Gasteiger partial charge in [0, 0.05) is 31.0 Å². The number of methoxy groups -OCH3 is 1. The molecule has 0 amide bonds. The molecule has 0 unspecified atom stereocenters. The van der Waals surface area contributed by atoms with E-state index >= 15 is 0 Å². The van der Waals surface area contributed by atoms with Crippen LogP contribution in [-0.4, -0.2) is 33.4 Å². The molecule has 0 saturated heterocycles. The highest BCUT2D eigenvalue weighted by atomic mass is 16.5. The number of nitrogens with one attached hydrogen (secondary N) is 1. The number of hydrogen-bond acceptors (Lipinski definition) is 4. The Morgan fingerprint density at radius 3 is 2.67 bits per heavy atom. The first-order valence-electron chi connectivity index (χ1n) is 7.12. The Hall–Kier alpha value is -2.04. The molecule has 110 valence electrons. The van der Waals surface area contributed by atoms with Crippen molar-refractivity contribution in [2.75, 3.05) is 33.4 Å². The van der Waals surface area contributed by atoms with E-state index in [1.807, 2.05) is 36.4 Å². The van der Waals surface area contributed by atoms with Crippen LogP contribution in [0, 0.1) is 0 Å². The molecule has 4 nitrogen and oxygen atoms in total. The third kappa shape index (κ3) is 3.17. The van der Waals surface area contributed by atoms with E-state index in [1.54, 1.807) is 7.11 Å². The van der Waals surface area contributed by atoms with Crippen LogP contribution in [0.15, 0.2) is 46.9 Å². The van der Waals surface area contributed by atoms with E-state index in [9.17, 15) is 0 Å². The molecule has 0 bridgehead atoms. The first-order chi connectivity index (χ1) is 10.4. The van der Waals surface area contributed by atoms with Gasteiger partial charge >= 0.3 is 0 Å². The summed E-state index contributed by atoms with van der Waals surface area (Å²) in [6.07, 6.45) is 0. The van der Waals surface area contributed by atoms with Gasteiger partial charge in [0.05, 0.1) is 6.61 Å². The lowest BCUT2D eigenvalue weighted by molar-refractivity contribution is 0.197. The summed E-state index contributed by atoms with van der Waals surface area (Å²) >= 11 is 0. The summed E-state index contributed by atoms with van der Waals surface area (Å²) in [5, 5.41) is 5.46. The number of para-hydroxylation sites is 1. The monoisotopic (exact) mass is 285 g/mol. The number of rotatable bonds is 7. The van der Waals surface area contributed by atoms with Crippen molar-refractivity contribution < 1.29 is 13.9 Å². The molecule has 0 aliphatic rings. The first-order valence-corrected chi connectivity index (χ1v) is 7.12. The summed E-state index contributed by atoms with van der Waals surface area (Å²) in [6, 6.07) is 14.0. The van der Waals surface area contributed by atoms with Crippen molar-refractivity contribution in [3.63, 3.8) is 0 Å². The van der Waals surface area contributed by atoms with Crippen molar-refractivity contribution in [1.82, 2.24) is 5.32 Å². The van der Waals surface area contributed by atoms with Gasteiger partial charge in [0.25, 0.3) is 0 Å². The second-order valence-electron chi connectivity index (χ2n) is 4.85. The van der Waals surface area contributed by atoms with E-state index in [2.05, 4.69) is 11.4 Å². The Balaban J connectivity index is 1.68. The third-order valence-electron chi connectivity index (χ3n) is 3.38. The molecule has 0 saturated carbocycles. The molecule has 0 fully saturated rings. The standard InChI is InChI=1S/C17H19NO3/c1-19-10-8-18-9-11-20-13-6-7-17-15(12-13)14-4-2-3-5-16(14)21-17/h2-7,12,18H,8-11H2,1H3. The van der Waals surface area contributed by atoms with Crippen LogP contribution in [0.25, 0.3) is 21.9 Å². The fourth-order valence-corrected chi connectivity index (χ4v) is 2.34. The van der Waals surface area contributed by atoms with E-state index in [0.717, 1.165) is 40.8 Å². The second-order valence-corrected chi connectivity index (χ2v) is 4.85. The molecule has 3 aromatic rings. The molecule has 1 aromatic heterocycles. The zero-order valence-corrected chi connectivity index (χ0v) is 12.1. The predicted molar refractivity (Wildman–Crippen MR) is 84.0 cm³/mol. The lowest BCUT2D eigenvalue weighted by atomic mass is 10.1. The smallest absolute Gasteiger partial charge is 0.135 e. The molecule has 0 radical (unpaired) electrons. The molecule has 0 spiro atoms. The Morgan fingerprint density at radius 1 is 0.952 bits per heavy atom. The van der Waals surface area contributed by atoms with Crippen LogP contribution < -0.4 is 10.1 Å². The Bertz CT molecular complexity index is 720. The lowest BCUT2D eigenvalue weighted by Gasteiger charge is -2.07. The van der Waals surface area contributed by atoms with E-state index in [-0.39, 0.29) is 0 Å². The molecule has 1 N–H and O–H groups in total. The minimum Gasteiger partial charge on any atom is -0.492 e. The Morgan fingerprint density at radius 2 is 1.76 bits per heavy atom. The highest BCUT2D eigenvalue weighted by Crippen LogP contribution is 2.31. The minimum atomic E-state index is 0.630. The summed E-state index contributed by atoms with van der Waals surface area (Å²) in [6.45, 7) is 2.98. The van der Waals surface area contributed by atoms with Crippen molar-refractivity contribution in [3.8, 4) is 5.75 Å². The maximum Gasteiger partial charge on any atom is 0.135 e. The van der Waals surface area contributed by atoms with Crippen LogP contribution in [0.2, 0.25) is 0 Å². The third-order valence-corrected chi connectivity index (χ3v) is 3.38. The maximum absolute atomic E-state index is 5.80. The van der Waals surface area contributed by atoms with E-state index < -0.39 is 0 Å². The van der Waals surface area contributed by atoms with Crippen LogP contribution in [0.4, 0.5) is 0 Å².